The minimum absolute atomic E-state index is 0.106. The first-order chi connectivity index (χ1) is 7.83. The van der Waals surface area contributed by atoms with Crippen molar-refractivity contribution in [3.63, 3.8) is 0 Å². The summed E-state index contributed by atoms with van der Waals surface area (Å²) in [6.45, 7) is 0.781. The smallest absolute Gasteiger partial charge is 0.346 e. The second-order valence-electron chi connectivity index (χ2n) is 3.46. The zero-order chi connectivity index (χ0) is 13.1. The molecule has 96 valence electrons. The van der Waals surface area contributed by atoms with Crippen molar-refractivity contribution in [3.8, 4) is 0 Å². The minimum atomic E-state index is -4.27. The number of aryl methyl sites for hydroxylation is 1. The van der Waals surface area contributed by atoms with Gasteiger partial charge in [0.15, 0.2) is 0 Å². The summed E-state index contributed by atoms with van der Waals surface area (Å²) in [5.74, 6) is 0.399. The molecule has 0 fully saturated rings. The molecule has 1 rings (SSSR count). The lowest BCUT2D eigenvalue weighted by molar-refractivity contribution is -0.119. The number of hydrogen-bond acceptors (Lipinski definition) is 2. The quantitative estimate of drug-likeness (QED) is 0.781. The molecule has 0 unspecified atom stereocenters. The largest absolute Gasteiger partial charge is 0.405 e. The van der Waals surface area contributed by atoms with Gasteiger partial charge in [0, 0.05) is 16.9 Å². The van der Waals surface area contributed by atoms with E-state index in [0.29, 0.717) is 5.69 Å². The summed E-state index contributed by atoms with van der Waals surface area (Å²) >= 11 is 8.75. The number of rotatable bonds is 4. The van der Waals surface area contributed by atoms with Crippen LogP contribution in [0.25, 0.3) is 0 Å². The summed E-state index contributed by atoms with van der Waals surface area (Å²) in [6, 6.07) is 3.21. The fourth-order valence-electron chi connectivity index (χ4n) is 1.30. The molecule has 2 nitrogen and oxygen atoms in total. The molecule has 0 aliphatic heterocycles. The number of anilines is 1. The Morgan fingerprint density at radius 1 is 1.41 bits per heavy atom. The first-order valence-electron chi connectivity index (χ1n) is 4.84. The molecular formula is C10H11BrClF3N2. The maximum atomic E-state index is 12.4. The van der Waals surface area contributed by atoms with Gasteiger partial charge in [0.25, 0.3) is 0 Å². The first kappa shape index (κ1) is 14.6. The topological polar surface area (TPSA) is 16.1 Å². The van der Waals surface area contributed by atoms with Gasteiger partial charge < -0.3 is 4.90 Å². The fraction of sp³-hybridized carbons (Fsp3) is 0.500. The van der Waals surface area contributed by atoms with E-state index in [1.807, 2.05) is 0 Å². The van der Waals surface area contributed by atoms with Gasteiger partial charge in [-0.1, -0.05) is 0 Å². The molecule has 0 radical (unpaired) electrons. The molecule has 0 bridgehead atoms. The lowest BCUT2D eigenvalue weighted by Crippen LogP contribution is -2.36. The van der Waals surface area contributed by atoms with Crippen LogP contribution in [-0.4, -0.2) is 30.1 Å². The van der Waals surface area contributed by atoms with E-state index in [4.69, 9.17) is 11.6 Å². The number of hydrogen-bond donors (Lipinski definition) is 0. The predicted octanol–water partition coefficient (Wildman–Crippen LogP) is 3.76. The third-order valence-corrected chi connectivity index (χ3v) is 3.06. The van der Waals surface area contributed by atoms with Gasteiger partial charge in [0.2, 0.25) is 0 Å². The van der Waals surface area contributed by atoms with Gasteiger partial charge in [0.1, 0.15) is 12.4 Å². The van der Waals surface area contributed by atoms with Crippen molar-refractivity contribution in [2.24, 2.45) is 0 Å². The van der Waals surface area contributed by atoms with Crippen molar-refractivity contribution in [2.75, 3.05) is 23.9 Å². The highest BCUT2D eigenvalue weighted by Gasteiger charge is 2.31. The van der Waals surface area contributed by atoms with Crippen molar-refractivity contribution < 1.29 is 13.2 Å². The number of aromatic nitrogens is 1. The van der Waals surface area contributed by atoms with Crippen LogP contribution in [0.3, 0.4) is 0 Å². The van der Waals surface area contributed by atoms with E-state index in [1.54, 1.807) is 13.0 Å². The lowest BCUT2D eigenvalue weighted by atomic mass is 10.3. The molecule has 0 amide bonds. The predicted molar refractivity (Wildman–Crippen MR) is 65.7 cm³/mol. The molecule has 1 aromatic rings. The molecule has 0 aliphatic rings. The van der Waals surface area contributed by atoms with E-state index >= 15 is 0 Å². The molecule has 0 spiro atoms. The van der Waals surface area contributed by atoms with Crippen molar-refractivity contribution in [1.29, 1.82) is 0 Å². The zero-order valence-corrected chi connectivity index (χ0v) is 11.4. The van der Waals surface area contributed by atoms with Crippen LogP contribution >= 0.6 is 27.5 Å². The van der Waals surface area contributed by atoms with Gasteiger partial charge >= 0.3 is 6.18 Å². The van der Waals surface area contributed by atoms with Crippen LogP contribution in [-0.2, 0) is 0 Å². The average Bonchev–Trinajstić information content (AvgIpc) is 2.19. The van der Waals surface area contributed by atoms with Crippen LogP contribution in [0.4, 0.5) is 19.0 Å². The Morgan fingerprint density at radius 3 is 2.53 bits per heavy atom. The van der Waals surface area contributed by atoms with Crippen LogP contribution in [0.5, 0.6) is 0 Å². The van der Waals surface area contributed by atoms with Crippen molar-refractivity contribution in [3.05, 3.63) is 22.3 Å². The van der Waals surface area contributed by atoms with Crippen LogP contribution in [0.2, 0.25) is 0 Å². The SMILES string of the molecule is Cc1nc(N(CCCl)CC(F)(F)F)ccc1Br. The maximum Gasteiger partial charge on any atom is 0.405 e. The normalized spacial score (nSPS) is 11.6. The Balaban J connectivity index is 2.93. The highest BCUT2D eigenvalue weighted by molar-refractivity contribution is 9.10. The molecule has 17 heavy (non-hydrogen) atoms. The molecule has 0 saturated carbocycles. The third kappa shape index (κ3) is 4.71. The molecule has 7 heteroatoms. The van der Waals surface area contributed by atoms with Gasteiger partial charge in [0.05, 0.1) is 5.69 Å². The van der Waals surface area contributed by atoms with Crippen LogP contribution in [0, 0.1) is 6.92 Å². The molecule has 0 aromatic carbocycles. The summed E-state index contributed by atoms with van der Waals surface area (Å²) in [5.41, 5.74) is 0.643. The van der Waals surface area contributed by atoms with E-state index in [2.05, 4.69) is 20.9 Å². The summed E-state index contributed by atoms with van der Waals surface area (Å²) in [4.78, 5) is 5.21. The van der Waals surface area contributed by atoms with Crippen LogP contribution in [0.15, 0.2) is 16.6 Å². The second-order valence-corrected chi connectivity index (χ2v) is 4.69. The Kier molecular flexibility index (Phi) is 5.06. The van der Waals surface area contributed by atoms with Crippen LogP contribution < -0.4 is 4.90 Å². The number of halogens is 5. The summed E-state index contributed by atoms with van der Waals surface area (Å²) in [6.07, 6.45) is -4.27. The van der Waals surface area contributed by atoms with Crippen molar-refractivity contribution >= 4 is 33.3 Å². The van der Waals surface area contributed by atoms with Gasteiger partial charge in [-0.25, -0.2) is 4.98 Å². The lowest BCUT2D eigenvalue weighted by Gasteiger charge is -2.24. The average molecular weight is 332 g/mol. The molecule has 0 aliphatic carbocycles. The molecular weight excluding hydrogens is 320 g/mol. The highest BCUT2D eigenvalue weighted by atomic mass is 79.9. The molecule has 1 aromatic heterocycles. The summed E-state index contributed by atoms with van der Waals surface area (Å²) < 4.78 is 37.9. The Hall–Kier alpha value is -0.490. The number of pyridine rings is 1. The Morgan fingerprint density at radius 2 is 2.06 bits per heavy atom. The highest BCUT2D eigenvalue weighted by Crippen LogP contribution is 2.23. The van der Waals surface area contributed by atoms with Gasteiger partial charge in [-0.2, -0.15) is 13.2 Å². The van der Waals surface area contributed by atoms with E-state index < -0.39 is 12.7 Å². The van der Waals surface area contributed by atoms with E-state index in [-0.39, 0.29) is 18.2 Å². The number of nitrogens with zero attached hydrogens (tertiary/aromatic N) is 2. The number of alkyl halides is 4. The third-order valence-electron chi connectivity index (χ3n) is 2.06. The summed E-state index contributed by atoms with van der Waals surface area (Å²) in [5, 5.41) is 0. The van der Waals surface area contributed by atoms with Crippen LogP contribution in [0.1, 0.15) is 5.69 Å². The van der Waals surface area contributed by atoms with E-state index in [9.17, 15) is 13.2 Å². The zero-order valence-electron chi connectivity index (χ0n) is 9.06. The molecule has 0 N–H and O–H groups in total. The van der Waals surface area contributed by atoms with Crippen molar-refractivity contribution in [1.82, 2.24) is 4.98 Å². The van der Waals surface area contributed by atoms with E-state index in [0.717, 1.165) is 9.37 Å². The van der Waals surface area contributed by atoms with E-state index in [1.165, 1.54) is 6.07 Å². The minimum Gasteiger partial charge on any atom is -0.346 e. The second kappa shape index (κ2) is 5.91. The van der Waals surface area contributed by atoms with Gasteiger partial charge in [-0.05, 0) is 35.0 Å². The fourth-order valence-corrected chi connectivity index (χ4v) is 1.72. The monoisotopic (exact) mass is 330 g/mol. The van der Waals surface area contributed by atoms with Gasteiger partial charge in [-0.15, -0.1) is 11.6 Å². The first-order valence-corrected chi connectivity index (χ1v) is 6.17. The Bertz CT molecular complexity index is 384. The maximum absolute atomic E-state index is 12.4. The van der Waals surface area contributed by atoms with Crippen molar-refractivity contribution in [2.45, 2.75) is 13.1 Å². The standard InChI is InChI=1S/C10H11BrClF3N2/c1-7-8(11)2-3-9(16-7)17(5-4-12)6-10(13,14)15/h2-3H,4-6H2,1H3. The molecule has 1 heterocycles. The Labute approximate surface area is 111 Å². The van der Waals surface area contributed by atoms with Gasteiger partial charge in [-0.3, -0.25) is 0 Å². The summed E-state index contributed by atoms with van der Waals surface area (Å²) in [7, 11) is 0. The molecule has 0 saturated heterocycles. The molecule has 0 atom stereocenters.